The molecule has 0 saturated carbocycles. The standard InChI is InChI=1S/C13H18N2O5/c1-3-4-5-6-20-12(16)9-14-8-11(15(18)19)7-10(2)13(14)17/h7-8H,3-6,9H2,1-2H3. The number of unbranched alkanes of at least 4 members (excludes halogenated alkanes) is 2. The molecule has 0 unspecified atom stereocenters. The van der Waals surface area contributed by atoms with E-state index in [9.17, 15) is 19.7 Å². The van der Waals surface area contributed by atoms with Gasteiger partial charge in [-0.15, -0.1) is 0 Å². The van der Waals surface area contributed by atoms with Gasteiger partial charge >= 0.3 is 5.97 Å². The summed E-state index contributed by atoms with van der Waals surface area (Å²) < 4.78 is 5.98. The maximum atomic E-state index is 11.8. The molecule has 0 N–H and O–H groups in total. The van der Waals surface area contributed by atoms with Crippen molar-refractivity contribution in [1.82, 2.24) is 4.57 Å². The van der Waals surface area contributed by atoms with Crippen LogP contribution in [-0.2, 0) is 16.1 Å². The Bertz CT molecular complexity index is 550. The Morgan fingerprint density at radius 2 is 2.15 bits per heavy atom. The van der Waals surface area contributed by atoms with Crippen LogP contribution in [0, 0.1) is 17.0 Å². The van der Waals surface area contributed by atoms with Gasteiger partial charge in [-0.1, -0.05) is 19.8 Å². The summed E-state index contributed by atoms with van der Waals surface area (Å²) in [5.41, 5.74) is -0.431. The van der Waals surface area contributed by atoms with Crippen LogP contribution in [0.2, 0.25) is 0 Å². The number of carbonyl (C=O) groups excluding carboxylic acids is 1. The molecule has 7 heteroatoms. The molecule has 0 amide bonds. The highest BCUT2D eigenvalue weighted by Crippen LogP contribution is 2.09. The van der Waals surface area contributed by atoms with Crippen LogP contribution in [0.3, 0.4) is 0 Å². The van der Waals surface area contributed by atoms with E-state index in [1.54, 1.807) is 0 Å². The Balaban J connectivity index is 2.74. The van der Waals surface area contributed by atoms with Crippen LogP contribution in [0.4, 0.5) is 5.69 Å². The second-order valence-corrected chi connectivity index (χ2v) is 4.50. The highest BCUT2D eigenvalue weighted by atomic mass is 16.6. The summed E-state index contributed by atoms with van der Waals surface area (Å²) in [5.74, 6) is -0.567. The first kappa shape index (κ1) is 15.9. The number of esters is 1. The third kappa shape index (κ3) is 4.49. The van der Waals surface area contributed by atoms with Crippen LogP contribution in [-0.4, -0.2) is 22.1 Å². The quantitative estimate of drug-likeness (QED) is 0.329. The van der Waals surface area contributed by atoms with Crippen LogP contribution < -0.4 is 5.56 Å². The smallest absolute Gasteiger partial charge is 0.326 e. The Morgan fingerprint density at radius 1 is 1.45 bits per heavy atom. The number of pyridine rings is 1. The SMILES string of the molecule is CCCCCOC(=O)Cn1cc([N+](=O)[O-])cc(C)c1=O. The summed E-state index contributed by atoms with van der Waals surface area (Å²) in [6.45, 7) is 3.49. The number of aryl methyl sites for hydroxylation is 1. The second-order valence-electron chi connectivity index (χ2n) is 4.50. The minimum Gasteiger partial charge on any atom is -0.464 e. The molecule has 1 rings (SSSR count). The number of ether oxygens (including phenoxy) is 1. The van der Waals surface area contributed by atoms with Crippen molar-refractivity contribution in [2.75, 3.05) is 6.61 Å². The molecule has 0 saturated heterocycles. The highest BCUT2D eigenvalue weighted by molar-refractivity contribution is 5.69. The van der Waals surface area contributed by atoms with Gasteiger partial charge in [-0.25, -0.2) is 0 Å². The number of nitrogens with zero attached hydrogens (tertiary/aromatic N) is 2. The van der Waals surface area contributed by atoms with Crippen molar-refractivity contribution in [3.05, 3.63) is 38.3 Å². The van der Waals surface area contributed by atoms with E-state index < -0.39 is 16.5 Å². The molecule has 7 nitrogen and oxygen atoms in total. The van der Waals surface area contributed by atoms with E-state index in [-0.39, 0.29) is 17.8 Å². The van der Waals surface area contributed by atoms with Crippen LogP contribution in [0.5, 0.6) is 0 Å². The summed E-state index contributed by atoms with van der Waals surface area (Å²) >= 11 is 0. The monoisotopic (exact) mass is 282 g/mol. The van der Waals surface area contributed by atoms with E-state index >= 15 is 0 Å². The molecule has 0 fully saturated rings. The lowest BCUT2D eigenvalue weighted by Crippen LogP contribution is -2.27. The second kappa shape index (κ2) is 7.42. The Morgan fingerprint density at radius 3 is 2.75 bits per heavy atom. The molecule has 0 radical (unpaired) electrons. The number of carbonyl (C=O) groups is 1. The minimum atomic E-state index is -0.602. The third-order valence-corrected chi connectivity index (χ3v) is 2.77. The summed E-state index contributed by atoms with van der Waals surface area (Å²) in [6.07, 6.45) is 3.80. The van der Waals surface area contributed by atoms with Crippen molar-refractivity contribution in [3.8, 4) is 0 Å². The van der Waals surface area contributed by atoms with Crippen molar-refractivity contribution in [2.24, 2.45) is 0 Å². The average Bonchev–Trinajstić information content (AvgIpc) is 2.39. The zero-order chi connectivity index (χ0) is 15.1. The number of aromatic nitrogens is 1. The molecule has 0 bridgehead atoms. The largest absolute Gasteiger partial charge is 0.464 e. The normalized spacial score (nSPS) is 10.3. The van der Waals surface area contributed by atoms with Gasteiger partial charge in [-0.3, -0.25) is 24.3 Å². The molecule has 1 aromatic heterocycles. The van der Waals surface area contributed by atoms with E-state index in [2.05, 4.69) is 0 Å². The lowest BCUT2D eigenvalue weighted by Gasteiger charge is -2.07. The maximum Gasteiger partial charge on any atom is 0.326 e. The van der Waals surface area contributed by atoms with Gasteiger partial charge in [-0.05, 0) is 13.3 Å². The Hall–Kier alpha value is -2.18. The first-order chi connectivity index (χ1) is 9.45. The lowest BCUT2D eigenvalue weighted by atomic mass is 10.3. The number of hydrogen-bond acceptors (Lipinski definition) is 5. The molecule has 0 aliphatic carbocycles. The first-order valence-electron chi connectivity index (χ1n) is 6.46. The zero-order valence-electron chi connectivity index (χ0n) is 11.6. The van der Waals surface area contributed by atoms with Crippen molar-refractivity contribution < 1.29 is 14.5 Å². The van der Waals surface area contributed by atoms with Crippen LogP contribution in [0.15, 0.2) is 17.1 Å². The van der Waals surface area contributed by atoms with Crippen LogP contribution in [0.1, 0.15) is 31.7 Å². The van der Waals surface area contributed by atoms with Gasteiger partial charge in [0.05, 0.1) is 17.7 Å². The van der Waals surface area contributed by atoms with Crippen molar-refractivity contribution in [2.45, 2.75) is 39.7 Å². The van der Waals surface area contributed by atoms with E-state index in [1.807, 2.05) is 6.92 Å². The number of hydrogen-bond donors (Lipinski definition) is 0. The van der Waals surface area contributed by atoms with Gasteiger partial charge < -0.3 is 4.74 Å². The predicted molar refractivity (Wildman–Crippen MR) is 72.6 cm³/mol. The molecule has 1 heterocycles. The maximum absolute atomic E-state index is 11.8. The predicted octanol–water partition coefficient (Wildman–Crippen LogP) is 1.80. The Labute approximate surface area is 116 Å². The molecular weight excluding hydrogens is 264 g/mol. The summed E-state index contributed by atoms with van der Waals surface area (Å²) in [4.78, 5) is 33.5. The van der Waals surface area contributed by atoms with E-state index in [4.69, 9.17) is 4.74 Å². The summed E-state index contributed by atoms with van der Waals surface area (Å²) in [6, 6.07) is 1.19. The van der Waals surface area contributed by atoms with E-state index in [0.29, 0.717) is 6.61 Å². The fourth-order valence-electron chi connectivity index (χ4n) is 1.71. The first-order valence-corrected chi connectivity index (χ1v) is 6.46. The summed E-state index contributed by atoms with van der Waals surface area (Å²) in [5, 5.41) is 10.7. The molecule has 0 aromatic carbocycles. The molecule has 0 spiro atoms. The molecular formula is C13H18N2O5. The summed E-state index contributed by atoms with van der Waals surface area (Å²) in [7, 11) is 0. The molecule has 20 heavy (non-hydrogen) atoms. The fraction of sp³-hybridized carbons (Fsp3) is 0.538. The van der Waals surface area contributed by atoms with Gasteiger partial charge in [-0.2, -0.15) is 0 Å². The van der Waals surface area contributed by atoms with Gasteiger partial charge in [0.1, 0.15) is 6.54 Å². The molecule has 0 aliphatic rings. The molecule has 0 aliphatic heterocycles. The van der Waals surface area contributed by atoms with Crippen molar-refractivity contribution >= 4 is 11.7 Å². The van der Waals surface area contributed by atoms with Crippen LogP contribution >= 0.6 is 0 Å². The van der Waals surface area contributed by atoms with E-state index in [1.165, 1.54) is 13.0 Å². The topological polar surface area (TPSA) is 91.4 Å². The van der Waals surface area contributed by atoms with Gasteiger partial charge in [0, 0.05) is 11.6 Å². The highest BCUT2D eigenvalue weighted by Gasteiger charge is 2.14. The van der Waals surface area contributed by atoms with Gasteiger partial charge in [0.2, 0.25) is 0 Å². The molecule has 0 atom stereocenters. The number of nitro groups is 1. The van der Waals surface area contributed by atoms with Crippen molar-refractivity contribution in [1.29, 1.82) is 0 Å². The fourth-order valence-corrected chi connectivity index (χ4v) is 1.71. The van der Waals surface area contributed by atoms with Gasteiger partial charge in [0.25, 0.3) is 11.2 Å². The lowest BCUT2D eigenvalue weighted by molar-refractivity contribution is -0.385. The zero-order valence-corrected chi connectivity index (χ0v) is 11.6. The average molecular weight is 282 g/mol. The van der Waals surface area contributed by atoms with Gasteiger partial charge in [0.15, 0.2) is 0 Å². The minimum absolute atomic E-state index is 0.220. The Kier molecular flexibility index (Phi) is 5.89. The molecule has 110 valence electrons. The third-order valence-electron chi connectivity index (χ3n) is 2.77. The van der Waals surface area contributed by atoms with E-state index in [0.717, 1.165) is 30.0 Å². The van der Waals surface area contributed by atoms with Crippen molar-refractivity contribution in [3.63, 3.8) is 0 Å². The number of rotatable bonds is 7. The van der Waals surface area contributed by atoms with Crippen LogP contribution in [0.25, 0.3) is 0 Å². The molecule has 1 aromatic rings.